The first-order chi connectivity index (χ1) is 10.2. The van der Waals surface area contributed by atoms with E-state index in [1.807, 2.05) is 28.8 Å². The van der Waals surface area contributed by atoms with Crippen molar-refractivity contribution in [1.82, 2.24) is 14.9 Å². The van der Waals surface area contributed by atoms with Gasteiger partial charge in [0.2, 0.25) is 5.91 Å². The van der Waals surface area contributed by atoms with Crippen LogP contribution in [0.5, 0.6) is 0 Å². The van der Waals surface area contributed by atoms with E-state index >= 15 is 0 Å². The number of benzene rings is 1. The van der Waals surface area contributed by atoms with Gasteiger partial charge in [0.05, 0.1) is 17.4 Å². The van der Waals surface area contributed by atoms with Gasteiger partial charge in [0.25, 0.3) is 0 Å². The van der Waals surface area contributed by atoms with Crippen LogP contribution in [0.4, 0.5) is 0 Å². The van der Waals surface area contributed by atoms with Crippen LogP contribution in [0, 0.1) is 0 Å². The second-order valence-electron chi connectivity index (χ2n) is 5.32. The van der Waals surface area contributed by atoms with Crippen LogP contribution in [0.15, 0.2) is 30.6 Å². The Hall–Kier alpha value is -1.88. The van der Waals surface area contributed by atoms with Gasteiger partial charge in [-0.2, -0.15) is 0 Å². The van der Waals surface area contributed by atoms with E-state index in [1.54, 1.807) is 6.33 Å². The molecular weight excluding hydrogens is 264 g/mol. The topological polar surface area (TPSA) is 72.9 Å². The molecule has 0 radical (unpaired) electrons. The Morgan fingerprint density at radius 1 is 1.43 bits per heavy atom. The monoisotopic (exact) mass is 288 g/mol. The Labute approximate surface area is 125 Å². The minimum absolute atomic E-state index is 0.0549. The Balaban J connectivity index is 1.86. The maximum absolute atomic E-state index is 12.0. The van der Waals surface area contributed by atoms with E-state index < -0.39 is 0 Å². The third-order valence-electron chi connectivity index (χ3n) is 3.66. The molecule has 0 saturated carbocycles. The fraction of sp³-hybridized carbons (Fsp3) is 0.500. The third-order valence-corrected chi connectivity index (χ3v) is 3.66. The number of rotatable bonds is 8. The Bertz CT molecular complexity index is 578. The highest BCUT2D eigenvalue weighted by Crippen LogP contribution is 2.12. The van der Waals surface area contributed by atoms with Gasteiger partial charge in [-0.15, -0.1) is 0 Å². The average Bonchev–Trinajstić information content (AvgIpc) is 2.92. The summed E-state index contributed by atoms with van der Waals surface area (Å²) in [5.74, 6) is 0.0549. The van der Waals surface area contributed by atoms with Crippen LogP contribution in [0.25, 0.3) is 11.0 Å². The summed E-state index contributed by atoms with van der Waals surface area (Å²) in [6.07, 6.45) is 5.40. The second-order valence-corrected chi connectivity index (χ2v) is 5.32. The predicted molar refractivity (Wildman–Crippen MR) is 84.9 cm³/mol. The van der Waals surface area contributed by atoms with Crippen LogP contribution in [0.3, 0.4) is 0 Å². The number of nitrogens with zero attached hydrogens (tertiary/aromatic N) is 2. The summed E-state index contributed by atoms with van der Waals surface area (Å²) in [5, 5.41) is 3.01. The van der Waals surface area contributed by atoms with Gasteiger partial charge in [-0.25, -0.2) is 4.98 Å². The number of unbranched alkanes of at least 4 members (excludes halogenated alkanes) is 1. The number of fused-ring (bicyclic) bond motifs is 1. The van der Waals surface area contributed by atoms with E-state index in [0.717, 1.165) is 30.3 Å². The van der Waals surface area contributed by atoms with Crippen molar-refractivity contribution in [3.05, 3.63) is 30.6 Å². The van der Waals surface area contributed by atoms with Crippen LogP contribution in [0.1, 0.15) is 32.6 Å². The van der Waals surface area contributed by atoms with Crippen molar-refractivity contribution >= 4 is 16.9 Å². The van der Waals surface area contributed by atoms with Crippen LogP contribution in [0.2, 0.25) is 0 Å². The molecule has 1 aromatic heterocycles. The lowest BCUT2D eigenvalue weighted by Gasteiger charge is -2.16. The van der Waals surface area contributed by atoms with Gasteiger partial charge in [0.15, 0.2) is 0 Å². The zero-order valence-corrected chi connectivity index (χ0v) is 12.6. The van der Waals surface area contributed by atoms with Gasteiger partial charge < -0.3 is 15.6 Å². The number of aromatic nitrogens is 2. The number of aryl methyl sites for hydroxylation is 1. The Morgan fingerprint density at radius 3 is 3.00 bits per heavy atom. The van der Waals surface area contributed by atoms with Crippen molar-refractivity contribution in [3.63, 3.8) is 0 Å². The summed E-state index contributed by atoms with van der Waals surface area (Å²) in [4.78, 5) is 16.3. The molecule has 2 aromatic rings. The molecule has 0 aliphatic rings. The molecule has 0 aliphatic carbocycles. The first-order valence-electron chi connectivity index (χ1n) is 7.64. The number of hydrogen-bond donors (Lipinski definition) is 2. The van der Waals surface area contributed by atoms with E-state index in [2.05, 4.69) is 17.2 Å². The standard InChI is InChI=1S/C16H24N4O/c1-2-3-6-13(11-17)19-16(21)9-10-20-12-18-14-7-4-5-8-15(14)20/h4-5,7-8,12-13H,2-3,6,9-11,17H2,1H3,(H,19,21). The first-order valence-corrected chi connectivity index (χ1v) is 7.64. The summed E-state index contributed by atoms with van der Waals surface area (Å²) in [6.45, 7) is 3.27. The number of amides is 1. The zero-order chi connectivity index (χ0) is 15.1. The van der Waals surface area contributed by atoms with E-state index in [1.165, 1.54) is 0 Å². The van der Waals surface area contributed by atoms with Crippen molar-refractivity contribution in [2.75, 3.05) is 6.54 Å². The molecule has 0 aliphatic heterocycles. The molecule has 5 nitrogen and oxygen atoms in total. The summed E-state index contributed by atoms with van der Waals surface area (Å²) >= 11 is 0. The summed E-state index contributed by atoms with van der Waals surface area (Å²) in [7, 11) is 0. The van der Waals surface area contributed by atoms with E-state index in [9.17, 15) is 4.79 Å². The fourth-order valence-corrected chi connectivity index (χ4v) is 2.41. The largest absolute Gasteiger partial charge is 0.352 e. The average molecular weight is 288 g/mol. The molecular formula is C16H24N4O. The van der Waals surface area contributed by atoms with E-state index in [-0.39, 0.29) is 11.9 Å². The van der Waals surface area contributed by atoms with Crippen LogP contribution in [-0.4, -0.2) is 28.0 Å². The number of hydrogen-bond acceptors (Lipinski definition) is 3. The van der Waals surface area contributed by atoms with Crippen molar-refractivity contribution in [1.29, 1.82) is 0 Å². The van der Waals surface area contributed by atoms with Crippen molar-refractivity contribution in [2.24, 2.45) is 5.73 Å². The summed E-state index contributed by atoms with van der Waals surface area (Å²) in [5.41, 5.74) is 7.72. The normalized spacial score (nSPS) is 12.5. The first kappa shape index (κ1) is 15.5. The van der Waals surface area contributed by atoms with Gasteiger partial charge in [-0.1, -0.05) is 31.9 Å². The number of nitrogens with two attached hydrogens (primary N) is 1. The molecule has 0 saturated heterocycles. The SMILES string of the molecule is CCCCC(CN)NC(=O)CCn1cnc2ccccc21. The van der Waals surface area contributed by atoms with Gasteiger partial charge in [0, 0.05) is 25.6 Å². The maximum atomic E-state index is 12.0. The molecule has 5 heteroatoms. The summed E-state index contributed by atoms with van der Waals surface area (Å²) in [6, 6.07) is 8.03. The number of para-hydroxylation sites is 2. The summed E-state index contributed by atoms with van der Waals surface area (Å²) < 4.78 is 2.01. The molecule has 114 valence electrons. The lowest BCUT2D eigenvalue weighted by atomic mass is 10.1. The molecule has 1 amide bonds. The fourth-order valence-electron chi connectivity index (χ4n) is 2.41. The molecule has 21 heavy (non-hydrogen) atoms. The van der Waals surface area contributed by atoms with Crippen LogP contribution >= 0.6 is 0 Å². The molecule has 1 heterocycles. The number of nitrogens with one attached hydrogen (secondary N) is 1. The minimum Gasteiger partial charge on any atom is -0.352 e. The highest BCUT2D eigenvalue weighted by Gasteiger charge is 2.10. The molecule has 0 fully saturated rings. The number of carbonyl (C=O) groups excluding carboxylic acids is 1. The number of imidazole rings is 1. The molecule has 2 rings (SSSR count). The highest BCUT2D eigenvalue weighted by molar-refractivity contribution is 5.77. The second kappa shape index (κ2) is 7.78. The molecule has 0 bridgehead atoms. The predicted octanol–water partition coefficient (Wildman–Crippen LogP) is 2.06. The van der Waals surface area contributed by atoms with Crippen LogP contribution < -0.4 is 11.1 Å². The molecule has 1 unspecified atom stereocenters. The van der Waals surface area contributed by atoms with Crippen molar-refractivity contribution < 1.29 is 4.79 Å². The maximum Gasteiger partial charge on any atom is 0.222 e. The smallest absolute Gasteiger partial charge is 0.222 e. The lowest BCUT2D eigenvalue weighted by molar-refractivity contribution is -0.122. The van der Waals surface area contributed by atoms with E-state index in [0.29, 0.717) is 19.5 Å². The zero-order valence-electron chi connectivity index (χ0n) is 12.6. The minimum atomic E-state index is 0.0549. The van der Waals surface area contributed by atoms with Gasteiger partial charge in [-0.3, -0.25) is 4.79 Å². The lowest BCUT2D eigenvalue weighted by Crippen LogP contribution is -2.40. The third kappa shape index (κ3) is 4.29. The van der Waals surface area contributed by atoms with Gasteiger partial charge >= 0.3 is 0 Å². The molecule has 1 aromatic carbocycles. The highest BCUT2D eigenvalue weighted by atomic mass is 16.1. The molecule has 1 atom stereocenters. The van der Waals surface area contributed by atoms with Gasteiger partial charge in [0.1, 0.15) is 0 Å². The molecule has 0 spiro atoms. The van der Waals surface area contributed by atoms with E-state index in [4.69, 9.17) is 5.73 Å². The Morgan fingerprint density at radius 2 is 2.24 bits per heavy atom. The van der Waals surface area contributed by atoms with Crippen molar-refractivity contribution in [3.8, 4) is 0 Å². The van der Waals surface area contributed by atoms with Crippen molar-refractivity contribution in [2.45, 2.75) is 45.2 Å². The quantitative estimate of drug-likeness (QED) is 0.781. The molecule has 3 N–H and O–H groups in total. The number of carbonyl (C=O) groups is 1. The van der Waals surface area contributed by atoms with Gasteiger partial charge in [-0.05, 0) is 18.6 Å². The Kier molecular flexibility index (Phi) is 5.75. The van der Waals surface area contributed by atoms with Crippen LogP contribution in [-0.2, 0) is 11.3 Å².